The Hall–Kier alpha value is -1.68. The summed E-state index contributed by atoms with van der Waals surface area (Å²) in [6.07, 6.45) is 0. The van der Waals surface area contributed by atoms with Crippen molar-refractivity contribution >= 4 is 45.0 Å². The molecule has 0 unspecified atom stereocenters. The molecular formula is C18H19ClF2N2O3S2. The van der Waals surface area contributed by atoms with Crippen molar-refractivity contribution in [1.29, 1.82) is 0 Å². The van der Waals surface area contributed by atoms with Gasteiger partial charge < -0.3 is 5.32 Å². The zero-order valence-electron chi connectivity index (χ0n) is 15.3. The highest BCUT2D eigenvalue weighted by molar-refractivity contribution is 7.99. The maximum atomic E-state index is 12.7. The number of benzene rings is 2. The number of hydrogen-bond acceptors (Lipinski definition) is 4. The third kappa shape index (κ3) is 6.16. The molecule has 0 aliphatic heterocycles. The van der Waals surface area contributed by atoms with Crippen LogP contribution in [0.2, 0.25) is 5.02 Å². The maximum absolute atomic E-state index is 12.7. The van der Waals surface area contributed by atoms with E-state index in [1.807, 2.05) is 0 Å². The summed E-state index contributed by atoms with van der Waals surface area (Å²) in [5.74, 6) is -3.29. The summed E-state index contributed by atoms with van der Waals surface area (Å²) in [6, 6.07) is 9.91. The average molecular weight is 449 g/mol. The molecule has 0 saturated carbocycles. The lowest BCUT2D eigenvalue weighted by Gasteiger charge is -2.21. The number of nitrogens with one attached hydrogen (secondary N) is 2. The second-order valence-electron chi connectivity index (χ2n) is 6.83. The number of carbonyl (C=O) groups excluding carboxylic acids is 1. The number of para-hydroxylation sites is 1. The first-order valence-corrected chi connectivity index (χ1v) is 10.8. The molecule has 0 aliphatic rings. The second-order valence-corrected chi connectivity index (χ2v) is 9.92. The van der Waals surface area contributed by atoms with Crippen molar-refractivity contribution in [2.45, 2.75) is 41.9 Å². The lowest BCUT2D eigenvalue weighted by molar-refractivity contribution is 0.102. The molecule has 2 rings (SSSR count). The number of rotatable bonds is 6. The van der Waals surface area contributed by atoms with E-state index >= 15 is 0 Å². The first kappa shape index (κ1) is 22.6. The summed E-state index contributed by atoms with van der Waals surface area (Å²) < 4.78 is 53.0. The van der Waals surface area contributed by atoms with Crippen molar-refractivity contribution in [1.82, 2.24) is 4.72 Å². The topological polar surface area (TPSA) is 75.3 Å². The van der Waals surface area contributed by atoms with Crippen LogP contribution in [0.25, 0.3) is 0 Å². The third-order valence-electron chi connectivity index (χ3n) is 3.27. The Kier molecular flexibility index (Phi) is 7.08. The highest BCUT2D eigenvalue weighted by Crippen LogP contribution is 2.32. The van der Waals surface area contributed by atoms with Crippen LogP contribution >= 0.6 is 23.4 Å². The molecule has 2 aromatic carbocycles. The zero-order valence-corrected chi connectivity index (χ0v) is 17.7. The lowest BCUT2D eigenvalue weighted by atomic mass is 10.1. The van der Waals surface area contributed by atoms with Gasteiger partial charge in [0.2, 0.25) is 10.0 Å². The van der Waals surface area contributed by atoms with Gasteiger partial charge in [-0.3, -0.25) is 4.79 Å². The summed E-state index contributed by atoms with van der Waals surface area (Å²) in [5.41, 5.74) is -0.521. The van der Waals surface area contributed by atoms with E-state index in [1.54, 1.807) is 32.9 Å². The van der Waals surface area contributed by atoms with Crippen molar-refractivity contribution in [3.05, 3.63) is 53.1 Å². The summed E-state index contributed by atoms with van der Waals surface area (Å²) in [4.78, 5) is 12.5. The Bertz CT molecular complexity index is 977. The van der Waals surface area contributed by atoms with Crippen LogP contribution < -0.4 is 10.0 Å². The highest BCUT2D eigenvalue weighted by atomic mass is 35.5. The summed E-state index contributed by atoms with van der Waals surface area (Å²) in [5, 5.41) is 2.49. The van der Waals surface area contributed by atoms with Gasteiger partial charge in [-0.05, 0) is 51.1 Å². The van der Waals surface area contributed by atoms with Crippen molar-refractivity contribution < 1.29 is 22.0 Å². The number of amides is 1. The van der Waals surface area contributed by atoms with Crippen molar-refractivity contribution in [3.63, 3.8) is 0 Å². The van der Waals surface area contributed by atoms with Gasteiger partial charge in [0.05, 0.1) is 10.7 Å². The number of hydrogen-bond donors (Lipinski definition) is 2. The van der Waals surface area contributed by atoms with Crippen LogP contribution in [-0.4, -0.2) is 25.6 Å². The molecule has 0 fully saturated rings. The Morgan fingerprint density at radius 3 is 2.39 bits per heavy atom. The van der Waals surface area contributed by atoms with E-state index in [0.29, 0.717) is 11.8 Å². The van der Waals surface area contributed by atoms with Crippen LogP contribution in [0.3, 0.4) is 0 Å². The molecule has 28 heavy (non-hydrogen) atoms. The van der Waals surface area contributed by atoms with E-state index in [2.05, 4.69) is 10.0 Å². The van der Waals surface area contributed by atoms with Crippen LogP contribution in [0, 0.1) is 0 Å². The number of anilines is 1. The lowest BCUT2D eigenvalue weighted by Crippen LogP contribution is -2.40. The minimum Gasteiger partial charge on any atom is -0.321 e. The molecule has 0 spiro atoms. The predicted octanol–water partition coefficient (Wildman–Crippen LogP) is 4.98. The molecule has 2 N–H and O–H groups in total. The molecule has 0 aliphatic carbocycles. The van der Waals surface area contributed by atoms with E-state index in [9.17, 15) is 22.0 Å². The summed E-state index contributed by atoms with van der Waals surface area (Å²) in [6.45, 7) is 5.02. The largest absolute Gasteiger partial charge is 0.321 e. The minimum atomic E-state index is -3.97. The fraction of sp³-hybridized carbons (Fsp3) is 0.278. The van der Waals surface area contributed by atoms with Gasteiger partial charge in [-0.15, -0.1) is 0 Å². The van der Waals surface area contributed by atoms with E-state index in [1.165, 1.54) is 24.3 Å². The molecule has 1 amide bonds. The first-order chi connectivity index (χ1) is 12.9. The van der Waals surface area contributed by atoms with Crippen LogP contribution in [-0.2, 0) is 10.0 Å². The number of carbonyl (C=O) groups is 1. The van der Waals surface area contributed by atoms with Crippen LogP contribution in [0.5, 0.6) is 0 Å². The third-order valence-corrected chi connectivity index (χ3v) is 6.30. The molecule has 152 valence electrons. The molecule has 0 aromatic heterocycles. The molecule has 5 nitrogen and oxygen atoms in total. The molecular weight excluding hydrogens is 430 g/mol. The van der Waals surface area contributed by atoms with Crippen molar-refractivity contribution in [2.24, 2.45) is 0 Å². The maximum Gasteiger partial charge on any atom is 0.288 e. The normalized spacial score (nSPS) is 12.2. The zero-order chi connectivity index (χ0) is 21.1. The van der Waals surface area contributed by atoms with Gasteiger partial charge in [-0.25, -0.2) is 13.1 Å². The van der Waals surface area contributed by atoms with Gasteiger partial charge in [0.25, 0.3) is 11.7 Å². The standard InChI is InChI=1S/C18H19ClF2N2O3S2/c1-18(2,3)23-28(25,26)15-10-11(8-9-12(15)19)16(24)22-13-6-4-5-7-14(13)27-17(20)21/h4-10,17,23H,1-3H3,(H,22,24). The number of halogens is 3. The Morgan fingerprint density at radius 1 is 1.14 bits per heavy atom. The fourth-order valence-corrected chi connectivity index (χ4v) is 4.81. The van der Waals surface area contributed by atoms with Gasteiger partial charge in [-0.2, -0.15) is 8.78 Å². The second kappa shape index (κ2) is 8.77. The van der Waals surface area contributed by atoms with Gasteiger partial charge in [0.15, 0.2) is 0 Å². The number of alkyl halides is 2. The molecule has 0 heterocycles. The molecule has 10 heteroatoms. The molecule has 0 radical (unpaired) electrons. The number of thioether (sulfide) groups is 1. The van der Waals surface area contributed by atoms with E-state index in [0.717, 1.165) is 6.07 Å². The molecule has 0 bridgehead atoms. The molecule has 0 atom stereocenters. The van der Waals surface area contributed by atoms with E-state index < -0.39 is 27.2 Å². The van der Waals surface area contributed by atoms with Gasteiger partial charge in [-0.1, -0.05) is 35.5 Å². The first-order valence-electron chi connectivity index (χ1n) is 8.08. The summed E-state index contributed by atoms with van der Waals surface area (Å²) in [7, 11) is -3.97. The van der Waals surface area contributed by atoms with E-state index in [4.69, 9.17) is 11.6 Å². The summed E-state index contributed by atoms with van der Waals surface area (Å²) >= 11 is 6.32. The van der Waals surface area contributed by atoms with Crippen LogP contribution in [0.4, 0.5) is 14.5 Å². The Labute approximate surface area is 171 Å². The average Bonchev–Trinajstić information content (AvgIpc) is 2.54. The Morgan fingerprint density at radius 2 is 1.79 bits per heavy atom. The monoisotopic (exact) mass is 448 g/mol. The van der Waals surface area contributed by atoms with Gasteiger partial charge >= 0.3 is 0 Å². The van der Waals surface area contributed by atoms with E-state index in [-0.39, 0.29) is 26.1 Å². The predicted molar refractivity (Wildman–Crippen MR) is 108 cm³/mol. The van der Waals surface area contributed by atoms with Crippen LogP contribution in [0.15, 0.2) is 52.3 Å². The Balaban J connectivity index is 2.34. The quantitative estimate of drug-likeness (QED) is 0.611. The van der Waals surface area contributed by atoms with Gasteiger partial charge in [0.1, 0.15) is 4.90 Å². The minimum absolute atomic E-state index is 0.0236. The van der Waals surface area contributed by atoms with Crippen molar-refractivity contribution in [3.8, 4) is 0 Å². The smallest absolute Gasteiger partial charge is 0.288 e. The highest BCUT2D eigenvalue weighted by Gasteiger charge is 2.25. The van der Waals surface area contributed by atoms with Crippen molar-refractivity contribution in [2.75, 3.05) is 5.32 Å². The SMILES string of the molecule is CC(C)(C)NS(=O)(=O)c1cc(C(=O)Nc2ccccc2SC(F)F)ccc1Cl. The van der Waals surface area contributed by atoms with Crippen LogP contribution in [0.1, 0.15) is 31.1 Å². The molecule has 0 saturated heterocycles. The molecule has 2 aromatic rings. The fourth-order valence-electron chi connectivity index (χ4n) is 2.27. The number of sulfonamides is 1. The van der Waals surface area contributed by atoms with Gasteiger partial charge in [0, 0.05) is 16.0 Å².